The Labute approximate surface area is 108 Å². The van der Waals surface area contributed by atoms with Gasteiger partial charge in [0, 0.05) is 23.1 Å². The quantitative estimate of drug-likeness (QED) is 0.685. The van der Waals surface area contributed by atoms with Gasteiger partial charge in [-0.05, 0) is 12.5 Å². The number of aromatic amines is 1. The van der Waals surface area contributed by atoms with Crippen molar-refractivity contribution in [1.82, 2.24) is 4.98 Å². The molecule has 0 radical (unpaired) electrons. The summed E-state index contributed by atoms with van der Waals surface area (Å²) in [5.41, 5.74) is 0.713. The molecule has 1 N–H and O–H groups in total. The second-order valence-electron chi connectivity index (χ2n) is 3.98. The van der Waals surface area contributed by atoms with Gasteiger partial charge in [0.05, 0.1) is 15.5 Å². The van der Waals surface area contributed by atoms with Crippen molar-refractivity contribution in [3.63, 3.8) is 0 Å². The van der Waals surface area contributed by atoms with Crippen molar-refractivity contribution in [1.29, 1.82) is 0 Å². The van der Waals surface area contributed by atoms with E-state index in [4.69, 9.17) is 11.6 Å². The molecule has 0 spiro atoms. The molecule has 0 aliphatic rings. The van der Waals surface area contributed by atoms with E-state index in [0.29, 0.717) is 27.9 Å². The lowest BCUT2D eigenvalue weighted by Gasteiger charge is -2.05. The minimum Gasteiger partial charge on any atom is -0.322 e. The van der Waals surface area contributed by atoms with Crippen molar-refractivity contribution in [2.24, 2.45) is 0 Å². The molecule has 18 heavy (non-hydrogen) atoms. The van der Waals surface area contributed by atoms with Gasteiger partial charge in [-0.3, -0.25) is 14.9 Å². The standard InChI is InChI=1S/C12H11ClN2O3/c1-2-3-8-11(13)9-6-7(15(17)18)4-5-10(9)14-12(8)16/h4-6H,2-3H2,1H3,(H,14,16). The molecule has 94 valence electrons. The topological polar surface area (TPSA) is 76.0 Å². The van der Waals surface area contributed by atoms with Crippen LogP contribution in [-0.2, 0) is 6.42 Å². The predicted octanol–water partition coefficient (Wildman–Crippen LogP) is 3.04. The Kier molecular flexibility index (Phi) is 3.34. The van der Waals surface area contributed by atoms with Crippen LogP contribution in [0.1, 0.15) is 18.9 Å². The van der Waals surface area contributed by atoms with Crippen molar-refractivity contribution < 1.29 is 4.92 Å². The van der Waals surface area contributed by atoms with E-state index in [1.54, 1.807) is 0 Å². The number of fused-ring (bicyclic) bond motifs is 1. The van der Waals surface area contributed by atoms with Crippen LogP contribution in [0.25, 0.3) is 10.9 Å². The molecule has 0 saturated carbocycles. The summed E-state index contributed by atoms with van der Waals surface area (Å²) >= 11 is 6.16. The summed E-state index contributed by atoms with van der Waals surface area (Å²) in [6.07, 6.45) is 1.33. The molecule has 0 aliphatic heterocycles. The molecule has 1 aromatic carbocycles. The van der Waals surface area contributed by atoms with Crippen molar-refractivity contribution in [3.8, 4) is 0 Å². The minimum absolute atomic E-state index is 0.0427. The molecule has 1 heterocycles. The van der Waals surface area contributed by atoms with Crippen LogP contribution in [0.15, 0.2) is 23.0 Å². The van der Waals surface area contributed by atoms with Crippen molar-refractivity contribution >= 4 is 28.2 Å². The summed E-state index contributed by atoms with van der Waals surface area (Å²) in [4.78, 5) is 24.7. The van der Waals surface area contributed by atoms with Gasteiger partial charge in [-0.1, -0.05) is 24.9 Å². The number of benzene rings is 1. The van der Waals surface area contributed by atoms with Crippen molar-refractivity contribution in [3.05, 3.63) is 49.3 Å². The number of halogens is 1. The highest BCUT2D eigenvalue weighted by Gasteiger charge is 2.13. The number of nitrogens with zero attached hydrogens (tertiary/aromatic N) is 1. The molecular weight excluding hydrogens is 256 g/mol. The zero-order valence-corrected chi connectivity index (χ0v) is 10.5. The van der Waals surface area contributed by atoms with Crippen LogP contribution >= 0.6 is 11.6 Å². The number of nitrogens with one attached hydrogen (secondary N) is 1. The summed E-state index contributed by atoms with van der Waals surface area (Å²) in [5, 5.41) is 11.5. The third-order valence-corrected chi connectivity index (χ3v) is 3.17. The highest BCUT2D eigenvalue weighted by molar-refractivity contribution is 6.36. The average molecular weight is 267 g/mol. The van der Waals surface area contributed by atoms with E-state index in [1.165, 1.54) is 18.2 Å². The van der Waals surface area contributed by atoms with Gasteiger partial charge in [0.2, 0.25) is 0 Å². The molecule has 6 heteroatoms. The van der Waals surface area contributed by atoms with E-state index in [0.717, 1.165) is 6.42 Å². The number of aromatic nitrogens is 1. The fourth-order valence-corrected chi connectivity index (χ4v) is 2.21. The summed E-state index contributed by atoms with van der Waals surface area (Å²) in [7, 11) is 0. The Balaban J connectivity index is 2.76. The second-order valence-corrected chi connectivity index (χ2v) is 4.36. The summed E-state index contributed by atoms with van der Waals surface area (Å²) in [6.45, 7) is 1.94. The lowest BCUT2D eigenvalue weighted by molar-refractivity contribution is -0.384. The maximum absolute atomic E-state index is 11.8. The number of rotatable bonds is 3. The number of hydrogen-bond acceptors (Lipinski definition) is 3. The van der Waals surface area contributed by atoms with E-state index in [-0.39, 0.29) is 11.2 Å². The number of nitro groups is 1. The first-order chi connectivity index (χ1) is 8.54. The van der Waals surface area contributed by atoms with Crippen LogP contribution < -0.4 is 5.56 Å². The van der Waals surface area contributed by atoms with Gasteiger partial charge >= 0.3 is 0 Å². The Bertz CT molecular complexity index is 679. The molecule has 2 rings (SSSR count). The molecule has 0 atom stereocenters. The van der Waals surface area contributed by atoms with Gasteiger partial charge in [-0.25, -0.2) is 0 Å². The highest BCUT2D eigenvalue weighted by Crippen LogP contribution is 2.27. The first-order valence-corrected chi connectivity index (χ1v) is 5.91. The Morgan fingerprint density at radius 2 is 2.17 bits per heavy atom. The molecule has 0 aliphatic carbocycles. The smallest absolute Gasteiger partial charge is 0.270 e. The third kappa shape index (κ3) is 2.09. The molecule has 0 bridgehead atoms. The monoisotopic (exact) mass is 266 g/mol. The van der Waals surface area contributed by atoms with Crippen LogP contribution in [0.4, 0.5) is 5.69 Å². The highest BCUT2D eigenvalue weighted by atomic mass is 35.5. The minimum atomic E-state index is -0.486. The van der Waals surface area contributed by atoms with Crippen LogP contribution in [0.5, 0.6) is 0 Å². The first-order valence-electron chi connectivity index (χ1n) is 5.53. The number of pyridine rings is 1. The van der Waals surface area contributed by atoms with E-state index in [2.05, 4.69) is 4.98 Å². The fourth-order valence-electron chi connectivity index (χ4n) is 1.87. The Morgan fingerprint density at radius 1 is 1.44 bits per heavy atom. The first kappa shape index (κ1) is 12.6. The molecule has 0 fully saturated rings. The number of nitro benzene ring substituents is 1. The number of H-pyrrole nitrogens is 1. The fraction of sp³-hybridized carbons (Fsp3) is 0.250. The normalized spacial score (nSPS) is 10.8. The average Bonchev–Trinajstić information content (AvgIpc) is 2.34. The number of hydrogen-bond donors (Lipinski definition) is 1. The third-order valence-electron chi connectivity index (χ3n) is 2.74. The maximum atomic E-state index is 11.8. The van der Waals surface area contributed by atoms with Gasteiger partial charge in [0.25, 0.3) is 11.2 Å². The van der Waals surface area contributed by atoms with Crippen LogP contribution in [0.3, 0.4) is 0 Å². The molecule has 0 unspecified atom stereocenters. The van der Waals surface area contributed by atoms with Gasteiger partial charge in [0.15, 0.2) is 0 Å². The van der Waals surface area contributed by atoms with Gasteiger partial charge < -0.3 is 4.98 Å². The van der Waals surface area contributed by atoms with Crippen molar-refractivity contribution in [2.75, 3.05) is 0 Å². The Morgan fingerprint density at radius 3 is 2.78 bits per heavy atom. The lowest BCUT2D eigenvalue weighted by Crippen LogP contribution is -2.13. The maximum Gasteiger partial charge on any atom is 0.270 e. The summed E-state index contributed by atoms with van der Waals surface area (Å²) < 4.78 is 0. The van der Waals surface area contributed by atoms with Crippen LogP contribution in [-0.4, -0.2) is 9.91 Å². The zero-order valence-electron chi connectivity index (χ0n) is 9.70. The van der Waals surface area contributed by atoms with E-state index in [1.807, 2.05) is 6.92 Å². The van der Waals surface area contributed by atoms with E-state index in [9.17, 15) is 14.9 Å². The largest absolute Gasteiger partial charge is 0.322 e. The summed E-state index contributed by atoms with van der Waals surface area (Å²) in [6, 6.07) is 4.22. The van der Waals surface area contributed by atoms with Crippen LogP contribution in [0, 0.1) is 10.1 Å². The SMILES string of the molecule is CCCc1c(Cl)c2cc([N+](=O)[O-])ccc2[nH]c1=O. The lowest BCUT2D eigenvalue weighted by atomic mass is 10.1. The number of non-ortho nitro benzene ring substituents is 1. The molecule has 5 nitrogen and oxygen atoms in total. The van der Waals surface area contributed by atoms with E-state index >= 15 is 0 Å². The van der Waals surface area contributed by atoms with Crippen molar-refractivity contribution in [2.45, 2.75) is 19.8 Å². The molecule has 0 amide bonds. The second kappa shape index (κ2) is 4.78. The van der Waals surface area contributed by atoms with Gasteiger partial charge in [-0.15, -0.1) is 0 Å². The van der Waals surface area contributed by atoms with E-state index < -0.39 is 4.92 Å². The van der Waals surface area contributed by atoms with Gasteiger partial charge in [0.1, 0.15) is 0 Å². The molecule has 1 aromatic heterocycles. The van der Waals surface area contributed by atoms with Gasteiger partial charge in [-0.2, -0.15) is 0 Å². The van der Waals surface area contributed by atoms with Crippen LogP contribution in [0.2, 0.25) is 5.02 Å². The Hall–Kier alpha value is -1.88. The molecular formula is C12H11ClN2O3. The summed E-state index contributed by atoms with van der Waals surface area (Å²) in [5.74, 6) is 0. The molecule has 0 saturated heterocycles. The predicted molar refractivity (Wildman–Crippen MR) is 70.2 cm³/mol. The zero-order chi connectivity index (χ0) is 13.3. The molecule has 2 aromatic rings.